The number of hydrogen-bond acceptors (Lipinski definition) is 5. The molecule has 9 heteroatoms. The van der Waals surface area contributed by atoms with Gasteiger partial charge in [0.15, 0.2) is 5.96 Å². The van der Waals surface area contributed by atoms with E-state index < -0.39 is 5.60 Å². The second kappa shape index (κ2) is 14.1. The van der Waals surface area contributed by atoms with Crippen LogP contribution in [0.1, 0.15) is 72.6 Å². The summed E-state index contributed by atoms with van der Waals surface area (Å²) in [4.78, 5) is 30.4. The van der Waals surface area contributed by atoms with Crippen molar-refractivity contribution in [1.29, 1.82) is 0 Å². The molecule has 1 atom stereocenters. The molecule has 2 rings (SSSR count). The van der Waals surface area contributed by atoms with Gasteiger partial charge < -0.3 is 25.0 Å². The van der Waals surface area contributed by atoms with Crippen LogP contribution in [0, 0.1) is 11.8 Å². The summed E-state index contributed by atoms with van der Waals surface area (Å²) < 4.78 is 10.7. The van der Waals surface area contributed by atoms with Crippen LogP contribution >= 0.6 is 24.0 Å². The lowest BCUT2D eigenvalue weighted by atomic mass is 9.86. The van der Waals surface area contributed by atoms with Gasteiger partial charge in [0, 0.05) is 32.7 Å². The first kappa shape index (κ1) is 28.8. The highest BCUT2D eigenvalue weighted by atomic mass is 127. The van der Waals surface area contributed by atoms with E-state index in [0.717, 1.165) is 70.5 Å². The summed E-state index contributed by atoms with van der Waals surface area (Å²) in [5.74, 6) is 1.25. The number of halogens is 1. The highest BCUT2D eigenvalue weighted by molar-refractivity contribution is 14.0. The van der Waals surface area contributed by atoms with Crippen molar-refractivity contribution in [2.24, 2.45) is 16.8 Å². The minimum absolute atomic E-state index is 0. The Balaban J connectivity index is 0.00000512. The van der Waals surface area contributed by atoms with Crippen LogP contribution in [0.15, 0.2) is 4.99 Å². The summed E-state index contributed by atoms with van der Waals surface area (Å²) in [5, 5.41) is 6.90. The highest BCUT2D eigenvalue weighted by Gasteiger charge is 2.29. The molecule has 2 aliphatic rings. The van der Waals surface area contributed by atoms with Gasteiger partial charge in [-0.25, -0.2) is 4.79 Å². The van der Waals surface area contributed by atoms with E-state index in [1.807, 2.05) is 32.6 Å². The van der Waals surface area contributed by atoms with Crippen LogP contribution in [-0.4, -0.2) is 67.9 Å². The lowest BCUT2D eigenvalue weighted by Crippen LogP contribution is -2.46. The topological polar surface area (TPSA) is 92.3 Å². The quantitative estimate of drug-likeness (QED) is 0.219. The van der Waals surface area contributed by atoms with E-state index in [4.69, 9.17) is 9.47 Å². The average Bonchev–Trinajstić information content (AvgIpc) is 2.72. The molecule has 32 heavy (non-hydrogen) atoms. The number of piperidine rings is 1. The van der Waals surface area contributed by atoms with Gasteiger partial charge >= 0.3 is 12.1 Å². The zero-order valence-corrected chi connectivity index (χ0v) is 22.8. The molecule has 1 heterocycles. The molecule has 0 radical (unpaired) electrons. The van der Waals surface area contributed by atoms with Crippen molar-refractivity contribution in [2.75, 3.05) is 33.3 Å². The Hall–Kier alpha value is -1.26. The van der Waals surface area contributed by atoms with Gasteiger partial charge in [0.05, 0.1) is 12.5 Å². The zero-order chi connectivity index (χ0) is 22.9. The molecule has 0 spiro atoms. The number of rotatable bonds is 6. The first-order valence-electron chi connectivity index (χ1n) is 11.8. The number of guanidine groups is 1. The third-order valence-corrected chi connectivity index (χ3v) is 5.93. The fourth-order valence-electron chi connectivity index (χ4n) is 4.31. The third-order valence-electron chi connectivity index (χ3n) is 5.93. The Morgan fingerprint density at radius 3 is 2.41 bits per heavy atom. The fraction of sp³-hybridized carbons (Fsp3) is 0.870. The average molecular weight is 567 g/mol. The van der Waals surface area contributed by atoms with Crippen LogP contribution in [-0.2, 0) is 14.3 Å². The molecule has 0 aromatic rings. The fourth-order valence-corrected chi connectivity index (χ4v) is 4.31. The molecule has 2 fully saturated rings. The number of amides is 1. The monoisotopic (exact) mass is 566 g/mol. The molecule has 0 bridgehead atoms. The maximum atomic E-state index is 12.3. The molecule has 1 unspecified atom stereocenters. The summed E-state index contributed by atoms with van der Waals surface area (Å²) >= 11 is 0. The lowest BCUT2D eigenvalue weighted by molar-refractivity contribution is -0.149. The summed E-state index contributed by atoms with van der Waals surface area (Å²) in [5.41, 5.74) is -0.459. The molecule has 0 aromatic heterocycles. The van der Waals surface area contributed by atoms with Gasteiger partial charge in [0.1, 0.15) is 5.60 Å². The molecular formula is C23H43IN4O4. The number of carbonyl (C=O) groups is 2. The Morgan fingerprint density at radius 1 is 1.12 bits per heavy atom. The Bertz CT molecular complexity index is 616. The molecule has 1 aliphatic carbocycles. The van der Waals surface area contributed by atoms with Crippen molar-refractivity contribution < 1.29 is 19.1 Å². The molecule has 186 valence electrons. The molecule has 1 amide bonds. The van der Waals surface area contributed by atoms with Gasteiger partial charge in [-0.2, -0.15) is 0 Å². The maximum Gasteiger partial charge on any atom is 0.410 e. The Morgan fingerprint density at radius 2 is 1.81 bits per heavy atom. The van der Waals surface area contributed by atoms with Crippen LogP contribution in [0.2, 0.25) is 0 Å². The first-order valence-corrected chi connectivity index (χ1v) is 11.8. The van der Waals surface area contributed by atoms with E-state index in [1.54, 1.807) is 7.05 Å². The number of ether oxygens (including phenoxy) is 2. The number of esters is 1. The number of aliphatic imine (C=N–C) groups is 1. The standard InChI is InChI=1S/C23H42N4O4.HI/c1-6-30-20(28)18-9-11-19(12-10-18)26-21(24-5)25-14-13-17-8-7-15-27(16-17)22(29)31-23(2,3)4;/h17-19H,6-16H2,1-5H3,(H2,24,25,26);1H. The minimum Gasteiger partial charge on any atom is -0.466 e. The summed E-state index contributed by atoms with van der Waals surface area (Å²) in [6, 6.07) is 0.328. The van der Waals surface area contributed by atoms with Crippen LogP contribution in [0.3, 0.4) is 0 Å². The van der Waals surface area contributed by atoms with Crippen LogP contribution in [0.25, 0.3) is 0 Å². The van der Waals surface area contributed by atoms with Crippen LogP contribution in [0.5, 0.6) is 0 Å². The van der Waals surface area contributed by atoms with Crippen molar-refractivity contribution in [3.8, 4) is 0 Å². The van der Waals surface area contributed by atoms with Gasteiger partial charge in [-0.3, -0.25) is 9.79 Å². The number of likely N-dealkylation sites (tertiary alicyclic amines) is 1. The second-order valence-corrected chi connectivity index (χ2v) is 9.67. The van der Waals surface area contributed by atoms with Gasteiger partial charge in [-0.1, -0.05) is 0 Å². The van der Waals surface area contributed by atoms with E-state index >= 15 is 0 Å². The number of hydrogen-bond donors (Lipinski definition) is 2. The number of nitrogens with zero attached hydrogens (tertiary/aromatic N) is 2. The van der Waals surface area contributed by atoms with Crippen molar-refractivity contribution in [2.45, 2.75) is 84.3 Å². The van der Waals surface area contributed by atoms with Crippen molar-refractivity contribution in [1.82, 2.24) is 15.5 Å². The van der Waals surface area contributed by atoms with Gasteiger partial charge in [0.25, 0.3) is 0 Å². The molecule has 2 N–H and O–H groups in total. The van der Waals surface area contributed by atoms with Crippen molar-refractivity contribution >= 4 is 42.0 Å². The van der Waals surface area contributed by atoms with E-state index in [1.165, 1.54) is 0 Å². The van der Waals surface area contributed by atoms with Gasteiger partial charge in [-0.15, -0.1) is 24.0 Å². The Kier molecular flexibility index (Phi) is 12.7. The predicted octanol–water partition coefficient (Wildman–Crippen LogP) is 3.93. The zero-order valence-electron chi connectivity index (χ0n) is 20.4. The molecular weight excluding hydrogens is 523 g/mol. The largest absolute Gasteiger partial charge is 0.466 e. The summed E-state index contributed by atoms with van der Waals surface area (Å²) in [6.45, 7) is 10.3. The smallest absolute Gasteiger partial charge is 0.410 e. The third kappa shape index (κ3) is 10.1. The second-order valence-electron chi connectivity index (χ2n) is 9.67. The van der Waals surface area contributed by atoms with Crippen molar-refractivity contribution in [3.05, 3.63) is 0 Å². The van der Waals surface area contributed by atoms with Gasteiger partial charge in [-0.05, 0) is 78.6 Å². The number of carbonyl (C=O) groups excluding carboxylic acids is 2. The first-order chi connectivity index (χ1) is 14.7. The highest BCUT2D eigenvalue weighted by Crippen LogP contribution is 2.25. The molecule has 0 aromatic carbocycles. The molecule has 1 aliphatic heterocycles. The predicted molar refractivity (Wildman–Crippen MR) is 137 cm³/mol. The van der Waals surface area contributed by atoms with E-state index in [0.29, 0.717) is 18.6 Å². The van der Waals surface area contributed by atoms with Crippen LogP contribution < -0.4 is 10.6 Å². The number of nitrogens with one attached hydrogen (secondary N) is 2. The van der Waals surface area contributed by atoms with E-state index in [-0.39, 0.29) is 42.0 Å². The van der Waals surface area contributed by atoms with E-state index in [2.05, 4.69) is 15.6 Å². The normalized spacial score (nSPS) is 24.2. The molecule has 1 saturated heterocycles. The van der Waals surface area contributed by atoms with E-state index in [9.17, 15) is 9.59 Å². The minimum atomic E-state index is -0.459. The Labute approximate surface area is 210 Å². The van der Waals surface area contributed by atoms with Crippen molar-refractivity contribution in [3.63, 3.8) is 0 Å². The van der Waals surface area contributed by atoms with Crippen LogP contribution in [0.4, 0.5) is 4.79 Å². The summed E-state index contributed by atoms with van der Waals surface area (Å²) in [7, 11) is 1.78. The molecule has 8 nitrogen and oxygen atoms in total. The summed E-state index contributed by atoms with van der Waals surface area (Å²) in [6.07, 6.45) is 6.52. The molecule has 1 saturated carbocycles. The SMILES string of the molecule is CCOC(=O)C1CCC(NC(=NC)NCCC2CCCN(C(=O)OC(C)(C)C)C2)CC1.I. The maximum absolute atomic E-state index is 12.3. The lowest BCUT2D eigenvalue weighted by Gasteiger charge is -2.34. The van der Waals surface area contributed by atoms with Gasteiger partial charge in [0.2, 0.25) is 0 Å².